The van der Waals surface area contributed by atoms with Crippen LogP contribution >= 0.6 is 0 Å². The molecule has 0 spiro atoms. The number of rotatable bonds is 0. The highest BCUT2D eigenvalue weighted by Crippen LogP contribution is 2.19. The lowest BCUT2D eigenvalue weighted by molar-refractivity contribution is -0.343. The lowest BCUT2D eigenvalue weighted by Gasteiger charge is -1.91. The SMILES string of the molecule is F.c1c[nH+]c2c(c1)ccc1[nH]ccc12. The summed E-state index contributed by atoms with van der Waals surface area (Å²) in [6.45, 7) is 0. The van der Waals surface area contributed by atoms with Crippen molar-refractivity contribution < 1.29 is 9.69 Å². The number of aromatic nitrogens is 2. The van der Waals surface area contributed by atoms with Gasteiger partial charge in [-0.1, -0.05) is 0 Å². The van der Waals surface area contributed by atoms with Gasteiger partial charge in [0, 0.05) is 17.6 Å². The van der Waals surface area contributed by atoms with E-state index >= 15 is 0 Å². The molecular formula is C11H10FN2+. The van der Waals surface area contributed by atoms with Crippen LogP contribution < -0.4 is 4.98 Å². The molecule has 0 bridgehead atoms. The largest absolute Gasteiger partial charge is 0.361 e. The van der Waals surface area contributed by atoms with Crippen molar-refractivity contribution in [3.63, 3.8) is 0 Å². The predicted molar refractivity (Wildman–Crippen MR) is 54.9 cm³/mol. The summed E-state index contributed by atoms with van der Waals surface area (Å²) in [5.41, 5.74) is 2.37. The van der Waals surface area contributed by atoms with Gasteiger partial charge in [0.1, 0.15) is 0 Å². The summed E-state index contributed by atoms with van der Waals surface area (Å²) in [5, 5.41) is 2.49. The zero-order chi connectivity index (χ0) is 8.67. The molecule has 3 heteroatoms. The van der Waals surface area contributed by atoms with Crippen LogP contribution in [0.1, 0.15) is 0 Å². The molecule has 0 saturated heterocycles. The molecule has 2 aromatic heterocycles. The van der Waals surface area contributed by atoms with Crippen LogP contribution in [0.25, 0.3) is 21.8 Å². The Kier molecular flexibility index (Phi) is 1.93. The zero-order valence-corrected chi connectivity index (χ0v) is 7.45. The van der Waals surface area contributed by atoms with E-state index in [9.17, 15) is 0 Å². The minimum Gasteiger partial charge on any atom is -0.361 e. The maximum atomic E-state index is 3.26. The van der Waals surface area contributed by atoms with Gasteiger partial charge in [0.05, 0.1) is 10.9 Å². The molecule has 0 aliphatic rings. The van der Waals surface area contributed by atoms with Crippen molar-refractivity contribution in [2.75, 3.05) is 0 Å². The maximum Gasteiger partial charge on any atom is 0.220 e. The third-order valence-electron chi connectivity index (χ3n) is 2.37. The molecule has 0 saturated carbocycles. The zero-order valence-electron chi connectivity index (χ0n) is 7.45. The Morgan fingerprint density at radius 1 is 1.07 bits per heavy atom. The highest BCUT2D eigenvalue weighted by Gasteiger charge is 2.04. The first-order valence-corrected chi connectivity index (χ1v) is 4.32. The normalized spacial score (nSPS) is 10.3. The first-order valence-electron chi connectivity index (χ1n) is 4.32. The van der Waals surface area contributed by atoms with Crippen molar-refractivity contribution in [1.82, 2.24) is 4.98 Å². The lowest BCUT2D eigenvalue weighted by atomic mass is 10.1. The highest BCUT2D eigenvalue weighted by molar-refractivity contribution is 6.01. The van der Waals surface area contributed by atoms with E-state index in [4.69, 9.17) is 0 Å². The van der Waals surface area contributed by atoms with Gasteiger partial charge in [-0.3, -0.25) is 4.70 Å². The molecule has 2 heterocycles. The molecule has 3 rings (SSSR count). The van der Waals surface area contributed by atoms with Crippen molar-refractivity contribution in [3.8, 4) is 0 Å². The smallest absolute Gasteiger partial charge is 0.220 e. The molecule has 2 N–H and O–H groups in total. The average Bonchev–Trinajstić information content (AvgIpc) is 2.65. The van der Waals surface area contributed by atoms with Crippen LogP contribution in [0, 0.1) is 0 Å². The van der Waals surface area contributed by atoms with Gasteiger partial charge in [-0.15, -0.1) is 0 Å². The minimum atomic E-state index is 0. The van der Waals surface area contributed by atoms with Gasteiger partial charge in [-0.2, -0.15) is 0 Å². The fourth-order valence-corrected chi connectivity index (χ4v) is 1.73. The number of hydrogen-bond donors (Lipinski definition) is 1. The molecule has 1 aromatic carbocycles. The van der Waals surface area contributed by atoms with E-state index in [0.29, 0.717) is 0 Å². The first-order chi connectivity index (χ1) is 6.45. The van der Waals surface area contributed by atoms with E-state index in [-0.39, 0.29) is 4.70 Å². The van der Waals surface area contributed by atoms with Gasteiger partial charge in [0.2, 0.25) is 5.52 Å². The van der Waals surface area contributed by atoms with Crippen LogP contribution in [0.2, 0.25) is 0 Å². The Balaban J connectivity index is 0.000000750. The van der Waals surface area contributed by atoms with Gasteiger partial charge in [0.15, 0.2) is 6.20 Å². The molecule has 0 radical (unpaired) electrons. The van der Waals surface area contributed by atoms with E-state index in [2.05, 4.69) is 34.2 Å². The molecule has 0 aliphatic carbocycles. The number of hydrogen-bond acceptors (Lipinski definition) is 0. The fourth-order valence-electron chi connectivity index (χ4n) is 1.73. The quantitative estimate of drug-likeness (QED) is 0.562. The van der Waals surface area contributed by atoms with Gasteiger partial charge in [-0.25, -0.2) is 4.98 Å². The van der Waals surface area contributed by atoms with Crippen LogP contribution in [0.5, 0.6) is 0 Å². The van der Waals surface area contributed by atoms with Crippen LogP contribution in [-0.4, -0.2) is 4.98 Å². The molecule has 3 aromatic rings. The average molecular weight is 189 g/mol. The summed E-state index contributed by atoms with van der Waals surface area (Å²) >= 11 is 0. The van der Waals surface area contributed by atoms with E-state index < -0.39 is 0 Å². The molecule has 14 heavy (non-hydrogen) atoms. The molecule has 70 valence electrons. The fraction of sp³-hybridized carbons (Fsp3) is 0. The van der Waals surface area contributed by atoms with E-state index in [1.165, 1.54) is 21.8 Å². The van der Waals surface area contributed by atoms with Crippen LogP contribution in [0.15, 0.2) is 42.7 Å². The Morgan fingerprint density at radius 2 is 2.00 bits per heavy atom. The molecule has 0 unspecified atom stereocenters. The Labute approximate surface area is 80.0 Å². The summed E-state index contributed by atoms with van der Waals surface area (Å²) < 4.78 is 0. The van der Waals surface area contributed by atoms with Crippen molar-refractivity contribution in [2.24, 2.45) is 0 Å². The Bertz CT molecular complexity index is 571. The van der Waals surface area contributed by atoms with Crippen molar-refractivity contribution in [2.45, 2.75) is 0 Å². The summed E-state index contributed by atoms with van der Waals surface area (Å²) in [6.07, 6.45) is 3.92. The third-order valence-corrected chi connectivity index (χ3v) is 2.37. The standard InChI is InChI=1S/C11H8N2.FH/c1-2-8-3-4-10-9(5-7-12-10)11(8)13-6-1;/h1-7,12H;1H/p+1. The third kappa shape index (κ3) is 1.06. The molecule has 0 aliphatic heterocycles. The van der Waals surface area contributed by atoms with Crippen molar-refractivity contribution in [1.29, 1.82) is 0 Å². The van der Waals surface area contributed by atoms with Crippen molar-refractivity contribution >= 4 is 21.8 Å². The lowest BCUT2D eigenvalue weighted by Crippen LogP contribution is -2.00. The van der Waals surface area contributed by atoms with Gasteiger partial charge >= 0.3 is 0 Å². The van der Waals surface area contributed by atoms with Crippen molar-refractivity contribution in [3.05, 3.63) is 42.7 Å². The summed E-state index contributed by atoms with van der Waals surface area (Å²) in [5.74, 6) is 0. The second kappa shape index (κ2) is 3.10. The second-order valence-corrected chi connectivity index (χ2v) is 3.14. The number of fused-ring (bicyclic) bond motifs is 3. The first kappa shape index (κ1) is 8.69. The number of H-pyrrole nitrogens is 2. The number of aromatic amines is 2. The Hall–Kier alpha value is -1.90. The van der Waals surface area contributed by atoms with Crippen LogP contribution in [-0.2, 0) is 0 Å². The highest BCUT2D eigenvalue weighted by atomic mass is 19.0. The second-order valence-electron chi connectivity index (χ2n) is 3.14. The summed E-state index contributed by atoms with van der Waals surface area (Å²) in [7, 11) is 0. The summed E-state index contributed by atoms with van der Waals surface area (Å²) in [4.78, 5) is 6.45. The summed E-state index contributed by atoms with van der Waals surface area (Å²) in [6, 6.07) is 10.4. The molecule has 0 atom stereocenters. The predicted octanol–water partition coefficient (Wildman–Crippen LogP) is 2.29. The Morgan fingerprint density at radius 3 is 2.93 bits per heavy atom. The number of benzene rings is 1. The van der Waals surface area contributed by atoms with E-state index in [0.717, 1.165) is 0 Å². The monoisotopic (exact) mass is 189 g/mol. The topological polar surface area (TPSA) is 29.9 Å². The van der Waals surface area contributed by atoms with Gasteiger partial charge in [0.25, 0.3) is 0 Å². The molecule has 2 nitrogen and oxygen atoms in total. The van der Waals surface area contributed by atoms with E-state index in [1.54, 1.807) is 0 Å². The van der Waals surface area contributed by atoms with Gasteiger partial charge in [-0.05, 0) is 24.3 Å². The molecule has 0 amide bonds. The van der Waals surface area contributed by atoms with Gasteiger partial charge < -0.3 is 4.98 Å². The number of nitrogens with one attached hydrogen (secondary N) is 2. The molecular weight excluding hydrogens is 179 g/mol. The van der Waals surface area contributed by atoms with Crippen LogP contribution in [0.4, 0.5) is 4.70 Å². The van der Waals surface area contributed by atoms with E-state index in [1.807, 2.05) is 18.5 Å². The number of halogens is 1. The minimum absolute atomic E-state index is 0. The molecule has 0 fully saturated rings. The van der Waals surface area contributed by atoms with Crippen LogP contribution in [0.3, 0.4) is 0 Å². The number of pyridine rings is 1. The maximum absolute atomic E-state index is 3.26.